The van der Waals surface area contributed by atoms with E-state index >= 15 is 0 Å². The summed E-state index contributed by atoms with van der Waals surface area (Å²) in [4.78, 5) is 24.1. The van der Waals surface area contributed by atoms with Gasteiger partial charge in [0.15, 0.2) is 0 Å². The number of ether oxygens (including phenoxy) is 1. The lowest BCUT2D eigenvalue weighted by atomic mass is 9.84. The van der Waals surface area contributed by atoms with Gasteiger partial charge in [0, 0.05) is 5.02 Å². The molecular formula is C15H12ClN3O3. The highest BCUT2D eigenvalue weighted by Crippen LogP contribution is 2.34. The highest BCUT2D eigenvalue weighted by Gasteiger charge is 2.46. The van der Waals surface area contributed by atoms with E-state index in [1.807, 2.05) is 0 Å². The molecule has 0 aliphatic carbocycles. The zero-order valence-corrected chi connectivity index (χ0v) is 12.7. The summed E-state index contributed by atoms with van der Waals surface area (Å²) < 4.78 is 5.30. The molecule has 0 radical (unpaired) electrons. The first kappa shape index (κ1) is 15.9. The molecule has 1 aromatic rings. The largest absolute Gasteiger partial charge is 0.424 e. The number of benzene rings is 1. The van der Waals surface area contributed by atoms with Crippen molar-refractivity contribution in [1.29, 1.82) is 5.26 Å². The Bertz CT molecular complexity index is 731. The molecule has 0 fully saturated rings. The van der Waals surface area contributed by atoms with E-state index in [2.05, 4.69) is 10.2 Å². The van der Waals surface area contributed by atoms with Crippen molar-refractivity contribution in [2.24, 2.45) is 10.2 Å². The van der Waals surface area contributed by atoms with Gasteiger partial charge in [-0.15, -0.1) is 5.11 Å². The van der Waals surface area contributed by atoms with Crippen LogP contribution in [0.3, 0.4) is 0 Å². The quantitative estimate of drug-likeness (QED) is 0.632. The van der Waals surface area contributed by atoms with Gasteiger partial charge >= 0.3 is 11.9 Å². The summed E-state index contributed by atoms with van der Waals surface area (Å²) in [6.07, 6.45) is 0.215. The number of halogens is 1. The molecule has 0 saturated carbocycles. The standard InChI is InChI=1S/C15H12ClN3O3/c1-3-15(9(2)12(8-17)13(20)18-19-15)14(21)22-11-6-4-10(16)5-7-11/h4-7H,3H2,1-2H3. The van der Waals surface area contributed by atoms with Crippen LogP contribution in [0.5, 0.6) is 5.75 Å². The third-order valence-electron chi connectivity index (χ3n) is 3.51. The van der Waals surface area contributed by atoms with Crippen molar-refractivity contribution in [3.8, 4) is 11.8 Å². The lowest BCUT2D eigenvalue weighted by molar-refractivity contribution is -0.139. The number of nitriles is 1. The summed E-state index contributed by atoms with van der Waals surface area (Å²) in [5.74, 6) is -1.15. The molecule has 1 atom stereocenters. The van der Waals surface area contributed by atoms with Crippen molar-refractivity contribution in [1.82, 2.24) is 0 Å². The van der Waals surface area contributed by atoms with Gasteiger partial charge in [0.1, 0.15) is 17.4 Å². The van der Waals surface area contributed by atoms with Crippen LogP contribution in [0.2, 0.25) is 5.02 Å². The predicted octanol–water partition coefficient (Wildman–Crippen LogP) is 3.23. The summed E-state index contributed by atoms with van der Waals surface area (Å²) in [7, 11) is 0. The lowest BCUT2D eigenvalue weighted by Gasteiger charge is -2.28. The van der Waals surface area contributed by atoms with Gasteiger partial charge in [0.25, 0.3) is 0 Å². The van der Waals surface area contributed by atoms with Gasteiger partial charge in [-0.1, -0.05) is 18.5 Å². The molecule has 0 bridgehead atoms. The maximum absolute atomic E-state index is 12.5. The summed E-state index contributed by atoms with van der Waals surface area (Å²) in [6.45, 7) is 3.22. The van der Waals surface area contributed by atoms with Crippen molar-refractivity contribution in [3.05, 3.63) is 40.4 Å². The summed E-state index contributed by atoms with van der Waals surface area (Å²) in [5.41, 5.74) is -1.39. The van der Waals surface area contributed by atoms with E-state index in [1.165, 1.54) is 6.92 Å². The molecule has 22 heavy (non-hydrogen) atoms. The Hall–Kier alpha value is -2.52. The topological polar surface area (TPSA) is 91.9 Å². The van der Waals surface area contributed by atoms with Crippen LogP contribution in [0.1, 0.15) is 20.3 Å². The van der Waals surface area contributed by atoms with E-state index in [0.717, 1.165) is 0 Å². The summed E-state index contributed by atoms with van der Waals surface area (Å²) in [5, 5.41) is 16.8. The minimum Gasteiger partial charge on any atom is -0.424 e. The SMILES string of the molecule is CCC1(C(=O)Oc2ccc(Cl)cc2)N=NC(=O)C(C#N)=C1C. The minimum atomic E-state index is -1.46. The van der Waals surface area contributed by atoms with E-state index in [-0.39, 0.29) is 17.6 Å². The Morgan fingerprint density at radius 1 is 1.41 bits per heavy atom. The van der Waals surface area contributed by atoms with Gasteiger partial charge < -0.3 is 4.74 Å². The number of hydrogen-bond donors (Lipinski definition) is 0. The number of hydrogen-bond acceptors (Lipinski definition) is 5. The van der Waals surface area contributed by atoms with Crippen molar-refractivity contribution >= 4 is 23.5 Å². The van der Waals surface area contributed by atoms with Crippen LogP contribution < -0.4 is 4.74 Å². The molecule has 1 amide bonds. The van der Waals surface area contributed by atoms with Crippen molar-refractivity contribution in [2.75, 3.05) is 0 Å². The number of esters is 1. The third-order valence-corrected chi connectivity index (χ3v) is 3.76. The van der Waals surface area contributed by atoms with Crippen molar-refractivity contribution in [2.45, 2.75) is 25.8 Å². The average Bonchev–Trinajstić information content (AvgIpc) is 2.51. The van der Waals surface area contributed by atoms with Crippen LogP contribution in [-0.4, -0.2) is 17.4 Å². The molecule has 0 spiro atoms. The third kappa shape index (κ3) is 2.63. The number of amides is 1. The highest BCUT2D eigenvalue weighted by molar-refractivity contribution is 6.30. The van der Waals surface area contributed by atoms with Crippen LogP contribution >= 0.6 is 11.6 Å². The molecule has 1 aromatic carbocycles. The lowest BCUT2D eigenvalue weighted by Crippen LogP contribution is -2.43. The Morgan fingerprint density at radius 2 is 2.05 bits per heavy atom. The van der Waals surface area contributed by atoms with Gasteiger partial charge in [-0.2, -0.15) is 10.4 Å². The predicted molar refractivity (Wildman–Crippen MR) is 78.3 cm³/mol. The molecule has 1 heterocycles. The Balaban J connectivity index is 2.38. The van der Waals surface area contributed by atoms with E-state index in [1.54, 1.807) is 37.3 Å². The molecule has 1 aliphatic heterocycles. The smallest absolute Gasteiger partial charge is 0.345 e. The molecule has 6 nitrogen and oxygen atoms in total. The summed E-state index contributed by atoms with van der Waals surface area (Å²) >= 11 is 5.77. The molecule has 0 aromatic heterocycles. The first-order chi connectivity index (χ1) is 10.4. The van der Waals surface area contributed by atoms with Gasteiger partial charge in [0.05, 0.1) is 0 Å². The Kier molecular flexibility index (Phi) is 4.38. The van der Waals surface area contributed by atoms with Gasteiger partial charge in [0.2, 0.25) is 5.54 Å². The van der Waals surface area contributed by atoms with Crippen LogP contribution in [0.25, 0.3) is 0 Å². The van der Waals surface area contributed by atoms with Crippen molar-refractivity contribution in [3.63, 3.8) is 0 Å². The van der Waals surface area contributed by atoms with Crippen LogP contribution in [-0.2, 0) is 9.59 Å². The first-order valence-electron chi connectivity index (χ1n) is 6.51. The second kappa shape index (κ2) is 6.08. The van der Waals surface area contributed by atoms with Gasteiger partial charge in [-0.05, 0) is 43.2 Å². The van der Waals surface area contributed by atoms with Crippen LogP contribution in [0, 0.1) is 11.3 Å². The minimum absolute atomic E-state index is 0.176. The molecule has 1 unspecified atom stereocenters. The molecule has 0 saturated heterocycles. The fourth-order valence-electron chi connectivity index (χ4n) is 2.12. The van der Waals surface area contributed by atoms with E-state index < -0.39 is 17.4 Å². The Morgan fingerprint density at radius 3 is 2.59 bits per heavy atom. The van der Waals surface area contributed by atoms with E-state index in [0.29, 0.717) is 10.8 Å². The number of rotatable bonds is 3. The Labute approximate surface area is 132 Å². The average molecular weight is 318 g/mol. The zero-order valence-electron chi connectivity index (χ0n) is 12.0. The zero-order chi connectivity index (χ0) is 16.3. The van der Waals surface area contributed by atoms with Crippen LogP contribution in [0.15, 0.2) is 45.6 Å². The monoisotopic (exact) mass is 317 g/mol. The number of carbonyl (C=O) groups excluding carboxylic acids is 2. The molecular weight excluding hydrogens is 306 g/mol. The highest BCUT2D eigenvalue weighted by atomic mass is 35.5. The molecule has 112 valence electrons. The maximum atomic E-state index is 12.5. The molecule has 7 heteroatoms. The first-order valence-corrected chi connectivity index (χ1v) is 6.89. The van der Waals surface area contributed by atoms with Crippen LogP contribution in [0.4, 0.5) is 0 Å². The number of nitrogens with zero attached hydrogens (tertiary/aromatic N) is 3. The fourth-order valence-corrected chi connectivity index (χ4v) is 2.25. The molecule has 1 aliphatic rings. The van der Waals surface area contributed by atoms with E-state index in [4.69, 9.17) is 21.6 Å². The maximum Gasteiger partial charge on any atom is 0.345 e. The van der Waals surface area contributed by atoms with Crippen molar-refractivity contribution < 1.29 is 14.3 Å². The molecule has 2 rings (SSSR count). The van der Waals surface area contributed by atoms with Gasteiger partial charge in [-0.3, -0.25) is 4.79 Å². The fraction of sp³-hybridized carbons (Fsp3) is 0.267. The second-order valence-corrected chi connectivity index (χ2v) is 5.11. The normalized spacial score (nSPS) is 20.7. The summed E-state index contributed by atoms with van der Waals surface area (Å²) in [6, 6.07) is 8.01. The second-order valence-electron chi connectivity index (χ2n) is 4.67. The van der Waals surface area contributed by atoms with E-state index in [9.17, 15) is 9.59 Å². The molecule has 0 N–H and O–H groups in total. The number of azo groups is 1. The number of carbonyl (C=O) groups is 2. The van der Waals surface area contributed by atoms with Gasteiger partial charge in [-0.25, -0.2) is 4.79 Å².